The Bertz CT molecular complexity index is 610. The molecule has 1 N–H and O–H groups in total. The van der Waals surface area contributed by atoms with Gasteiger partial charge in [-0.15, -0.1) is 0 Å². The Morgan fingerprint density at radius 1 is 1.31 bits per heavy atom. The highest BCUT2D eigenvalue weighted by Crippen LogP contribution is 2.18. The highest BCUT2D eigenvalue weighted by atomic mass is 19.1. The summed E-state index contributed by atoms with van der Waals surface area (Å²) in [4.78, 5) is 17.5. The van der Waals surface area contributed by atoms with Gasteiger partial charge in [-0.25, -0.2) is 9.37 Å². The molecule has 1 aromatic carbocycles. The predicted octanol–water partition coefficient (Wildman–Crippen LogP) is 1.45. The van der Waals surface area contributed by atoms with Gasteiger partial charge in [-0.1, -0.05) is 0 Å². The number of nitrogens with one attached hydrogen (secondary N) is 1. The molecule has 0 saturated carbocycles. The van der Waals surface area contributed by atoms with Crippen LogP contribution in [0.15, 0.2) is 35.4 Å². The molecule has 0 aliphatic carbocycles. The van der Waals surface area contributed by atoms with E-state index in [9.17, 15) is 9.18 Å². The smallest absolute Gasteiger partial charge is 0.269 e. The Morgan fingerprint density at radius 2 is 2.00 bits per heavy atom. The molecule has 5 heteroatoms. The molecule has 0 bridgehead atoms. The van der Waals surface area contributed by atoms with Crippen molar-refractivity contribution in [3.63, 3.8) is 0 Å². The Balaban J connectivity index is 2.66. The van der Waals surface area contributed by atoms with Crippen LogP contribution >= 0.6 is 0 Å². The van der Waals surface area contributed by atoms with Crippen molar-refractivity contribution in [3.8, 4) is 17.3 Å². The fraction of sp³-hybridized carbons (Fsp3) is 0. The minimum atomic E-state index is -0.503. The molecular formula is C11H6FN3O. The largest absolute Gasteiger partial charge is 0.312 e. The topological polar surface area (TPSA) is 69.5 Å². The molecule has 1 heterocycles. The lowest BCUT2D eigenvalue weighted by Crippen LogP contribution is -2.12. The van der Waals surface area contributed by atoms with Crippen molar-refractivity contribution in [1.82, 2.24) is 9.97 Å². The van der Waals surface area contributed by atoms with Gasteiger partial charge < -0.3 is 4.98 Å². The molecule has 2 aromatic rings. The van der Waals surface area contributed by atoms with E-state index >= 15 is 0 Å². The number of aromatic amines is 1. The maximum atomic E-state index is 12.7. The molecule has 0 fully saturated rings. The van der Waals surface area contributed by atoms with Gasteiger partial charge in [-0.3, -0.25) is 4.79 Å². The third kappa shape index (κ3) is 1.68. The van der Waals surface area contributed by atoms with Gasteiger partial charge in [0, 0.05) is 5.56 Å². The number of benzene rings is 1. The summed E-state index contributed by atoms with van der Waals surface area (Å²) in [6, 6.07) is 7.22. The third-order valence-corrected chi connectivity index (χ3v) is 2.08. The van der Waals surface area contributed by atoms with Crippen LogP contribution in [0.4, 0.5) is 4.39 Å². The summed E-state index contributed by atoms with van der Waals surface area (Å²) in [5.74, 6) is -0.382. The van der Waals surface area contributed by atoms with Gasteiger partial charge in [0.25, 0.3) is 5.56 Å². The van der Waals surface area contributed by atoms with E-state index in [-0.39, 0.29) is 17.1 Å². The van der Waals surface area contributed by atoms with Gasteiger partial charge in [0.15, 0.2) is 0 Å². The summed E-state index contributed by atoms with van der Waals surface area (Å²) in [6.07, 6.45) is 1.21. The van der Waals surface area contributed by atoms with Gasteiger partial charge in [0.05, 0.1) is 12.0 Å². The maximum absolute atomic E-state index is 12.7. The average molecular weight is 215 g/mol. The number of H-pyrrole nitrogens is 1. The second-order valence-electron chi connectivity index (χ2n) is 3.07. The summed E-state index contributed by atoms with van der Waals surface area (Å²) >= 11 is 0. The lowest BCUT2D eigenvalue weighted by atomic mass is 10.1. The first-order chi connectivity index (χ1) is 7.72. The molecule has 0 spiro atoms. The average Bonchev–Trinajstić information content (AvgIpc) is 2.30. The molecule has 0 aliphatic rings. The molecule has 2 rings (SSSR count). The molecule has 0 radical (unpaired) electrons. The zero-order valence-corrected chi connectivity index (χ0v) is 8.07. The zero-order valence-electron chi connectivity index (χ0n) is 8.07. The van der Waals surface area contributed by atoms with E-state index in [1.807, 2.05) is 0 Å². The van der Waals surface area contributed by atoms with Crippen LogP contribution < -0.4 is 5.56 Å². The van der Waals surface area contributed by atoms with E-state index in [2.05, 4.69) is 9.97 Å². The second-order valence-corrected chi connectivity index (χ2v) is 3.07. The monoisotopic (exact) mass is 215 g/mol. The van der Waals surface area contributed by atoms with Gasteiger partial charge in [0.1, 0.15) is 17.4 Å². The van der Waals surface area contributed by atoms with Gasteiger partial charge in [-0.2, -0.15) is 5.26 Å². The molecular weight excluding hydrogens is 209 g/mol. The number of rotatable bonds is 1. The summed E-state index contributed by atoms with van der Waals surface area (Å²) in [5, 5.41) is 8.83. The maximum Gasteiger partial charge on any atom is 0.269 e. The predicted molar refractivity (Wildman–Crippen MR) is 55.0 cm³/mol. The first kappa shape index (κ1) is 10.1. The number of aromatic nitrogens is 2. The molecule has 0 unspecified atom stereocenters. The van der Waals surface area contributed by atoms with Crippen molar-refractivity contribution in [2.45, 2.75) is 0 Å². The van der Waals surface area contributed by atoms with E-state index in [1.165, 1.54) is 30.6 Å². The molecule has 0 atom stereocenters. The van der Waals surface area contributed by atoms with Crippen molar-refractivity contribution in [2.24, 2.45) is 0 Å². The molecule has 0 aliphatic heterocycles. The second kappa shape index (κ2) is 3.95. The van der Waals surface area contributed by atoms with Crippen molar-refractivity contribution in [3.05, 3.63) is 52.3 Å². The molecule has 1 aromatic heterocycles. The van der Waals surface area contributed by atoms with E-state index in [0.29, 0.717) is 5.56 Å². The van der Waals surface area contributed by atoms with Crippen LogP contribution in [0.3, 0.4) is 0 Å². The number of hydrogen-bond acceptors (Lipinski definition) is 3. The van der Waals surface area contributed by atoms with E-state index in [4.69, 9.17) is 5.26 Å². The highest BCUT2D eigenvalue weighted by molar-refractivity contribution is 5.65. The van der Waals surface area contributed by atoms with Crippen LogP contribution in [0.2, 0.25) is 0 Å². The van der Waals surface area contributed by atoms with Crippen LogP contribution in [0, 0.1) is 17.1 Å². The van der Waals surface area contributed by atoms with Crippen molar-refractivity contribution in [2.75, 3.05) is 0 Å². The third-order valence-electron chi connectivity index (χ3n) is 2.08. The Hall–Kier alpha value is -2.48. The Kier molecular flexibility index (Phi) is 2.48. The van der Waals surface area contributed by atoms with Gasteiger partial charge in [0.2, 0.25) is 0 Å². The fourth-order valence-corrected chi connectivity index (χ4v) is 1.33. The molecule has 78 valence electrons. The lowest BCUT2D eigenvalue weighted by Gasteiger charge is -2.01. The highest BCUT2D eigenvalue weighted by Gasteiger charge is 2.09. The van der Waals surface area contributed by atoms with Crippen LogP contribution in [0.25, 0.3) is 11.3 Å². The molecule has 0 amide bonds. The molecule has 16 heavy (non-hydrogen) atoms. The summed E-state index contributed by atoms with van der Waals surface area (Å²) in [5.41, 5.74) is 0.209. The van der Waals surface area contributed by atoms with Crippen LogP contribution in [0.5, 0.6) is 0 Å². The van der Waals surface area contributed by atoms with E-state index in [0.717, 1.165) is 0 Å². The Morgan fingerprint density at radius 3 is 2.62 bits per heavy atom. The Labute approximate surface area is 90.0 Å². The normalized spacial score (nSPS) is 9.75. The first-order valence-electron chi connectivity index (χ1n) is 4.46. The van der Waals surface area contributed by atoms with Crippen molar-refractivity contribution in [1.29, 1.82) is 5.26 Å². The minimum absolute atomic E-state index is 0.0749. The van der Waals surface area contributed by atoms with E-state index in [1.54, 1.807) is 6.07 Å². The number of hydrogen-bond donors (Lipinski definition) is 1. The summed E-state index contributed by atoms with van der Waals surface area (Å²) in [7, 11) is 0. The van der Waals surface area contributed by atoms with Crippen LogP contribution in [-0.2, 0) is 0 Å². The zero-order chi connectivity index (χ0) is 11.5. The lowest BCUT2D eigenvalue weighted by molar-refractivity contribution is 0.628. The SMILES string of the molecule is N#Cc1c(-c2ccc(F)cc2)nc[nH]c1=O. The number of nitriles is 1. The molecule has 4 nitrogen and oxygen atoms in total. The van der Waals surface area contributed by atoms with Crippen LogP contribution in [-0.4, -0.2) is 9.97 Å². The number of nitrogens with zero attached hydrogens (tertiary/aromatic N) is 2. The quantitative estimate of drug-likeness (QED) is 0.782. The summed E-state index contributed by atoms with van der Waals surface area (Å²) < 4.78 is 12.7. The standard InChI is InChI=1S/C11H6FN3O/c12-8-3-1-7(2-4-8)10-9(5-13)11(16)15-6-14-10/h1-4,6H,(H,14,15,16). The minimum Gasteiger partial charge on any atom is -0.312 e. The number of halogens is 1. The molecule has 0 saturated heterocycles. The van der Waals surface area contributed by atoms with Gasteiger partial charge >= 0.3 is 0 Å². The fourth-order valence-electron chi connectivity index (χ4n) is 1.33. The summed E-state index contributed by atoms with van der Waals surface area (Å²) in [6.45, 7) is 0. The van der Waals surface area contributed by atoms with Crippen LogP contribution in [0.1, 0.15) is 5.56 Å². The first-order valence-corrected chi connectivity index (χ1v) is 4.46. The van der Waals surface area contributed by atoms with Crippen molar-refractivity contribution < 1.29 is 4.39 Å². The van der Waals surface area contributed by atoms with E-state index < -0.39 is 5.56 Å². The van der Waals surface area contributed by atoms with Crippen molar-refractivity contribution >= 4 is 0 Å². The van der Waals surface area contributed by atoms with Gasteiger partial charge in [-0.05, 0) is 24.3 Å².